The SMILES string of the molecule is O.O=C([O-])[C@H](O)[C@@H](O)[C@H](O)[C@H](O)CO.O=C([O-])[C@H](O)[C@@H](O)[C@H](O[C@@H]1O[C@H](CO)[C@H](O)[C@H](O)[C@H]1O)[C@H](O)CO.[Ca+2]. The van der Waals surface area contributed by atoms with E-state index in [1.54, 1.807) is 0 Å². The quantitative estimate of drug-likeness (QED) is 0.0860. The minimum absolute atomic E-state index is 0. The number of hydrogen-bond acceptors (Lipinski definition) is 19. The molecule has 13 atom stereocenters. The molecule has 0 spiro atoms. The Morgan fingerprint density at radius 1 is 0.718 bits per heavy atom. The van der Waals surface area contributed by atoms with E-state index in [0.29, 0.717) is 0 Å². The first-order valence-corrected chi connectivity index (χ1v) is 10.4. The summed E-state index contributed by atoms with van der Waals surface area (Å²) in [5.74, 6) is -4.06. The zero-order chi connectivity index (χ0) is 29.2. The predicted octanol–water partition coefficient (Wildman–Crippen LogP) is -13.0. The first kappa shape index (κ1) is 43.0. The normalized spacial score (nSPS) is 28.9. The Morgan fingerprint density at radius 3 is 1.54 bits per heavy atom. The van der Waals surface area contributed by atoms with Crippen LogP contribution in [-0.4, -0.2) is 221 Å². The van der Waals surface area contributed by atoms with Crippen LogP contribution in [0.25, 0.3) is 0 Å². The van der Waals surface area contributed by atoms with Crippen LogP contribution >= 0.6 is 0 Å². The Balaban J connectivity index is -0.000000742. The number of carboxylic acid groups (broad SMARTS) is 2. The first-order chi connectivity index (χ1) is 17.1. The van der Waals surface area contributed by atoms with Gasteiger partial charge in [-0.15, -0.1) is 0 Å². The molecule has 20 nitrogen and oxygen atoms in total. The van der Waals surface area contributed by atoms with Crippen molar-refractivity contribution in [1.29, 1.82) is 0 Å². The second kappa shape index (κ2) is 20.4. The van der Waals surface area contributed by atoms with Crippen LogP contribution in [0.15, 0.2) is 0 Å². The third-order valence-corrected chi connectivity index (χ3v) is 5.10. The van der Waals surface area contributed by atoms with E-state index < -0.39 is 111 Å². The second-order valence-corrected chi connectivity index (χ2v) is 7.80. The van der Waals surface area contributed by atoms with Gasteiger partial charge in [-0.2, -0.15) is 0 Å². The van der Waals surface area contributed by atoms with E-state index in [1.807, 2.05) is 0 Å². The third-order valence-electron chi connectivity index (χ3n) is 5.10. The molecule has 21 heteroatoms. The summed E-state index contributed by atoms with van der Waals surface area (Å²) in [7, 11) is 0. The maximum atomic E-state index is 10.6. The van der Waals surface area contributed by atoms with E-state index >= 15 is 0 Å². The molecule has 0 aromatic carbocycles. The summed E-state index contributed by atoms with van der Waals surface area (Å²) in [6.45, 7) is -2.65. The molecule has 0 aliphatic carbocycles. The van der Waals surface area contributed by atoms with Crippen molar-refractivity contribution in [3.63, 3.8) is 0 Å². The molecule has 1 saturated heterocycles. The number of carbonyl (C=O) groups is 2. The van der Waals surface area contributed by atoms with Crippen LogP contribution in [0.3, 0.4) is 0 Å². The third kappa shape index (κ3) is 12.5. The van der Waals surface area contributed by atoms with Crippen molar-refractivity contribution in [2.24, 2.45) is 0 Å². The van der Waals surface area contributed by atoms with E-state index in [0.717, 1.165) is 0 Å². The van der Waals surface area contributed by atoms with Crippen molar-refractivity contribution in [2.45, 2.75) is 79.5 Å². The Morgan fingerprint density at radius 2 is 1.15 bits per heavy atom. The van der Waals surface area contributed by atoms with Crippen molar-refractivity contribution in [1.82, 2.24) is 0 Å². The van der Waals surface area contributed by atoms with Crippen LogP contribution in [0.5, 0.6) is 0 Å². The van der Waals surface area contributed by atoms with Gasteiger partial charge in [-0.05, 0) is 0 Å². The minimum atomic E-state index is -2.50. The number of ether oxygens (including phenoxy) is 2. The molecule has 1 rings (SSSR count). The molecule has 228 valence electrons. The van der Waals surface area contributed by atoms with Crippen molar-refractivity contribution in [3.8, 4) is 0 Å². The molecule has 0 bridgehead atoms. The molecular formula is C18H34CaO20. The summed E-state index contributed by atoms with van der Waals surface area (Å²) in [6, 6.07) is 0. The van der Waals surface area contributed by atoms with Gasteiger partial charge in [0.15, 0.2) is 6.29 Å². The molecule has 1 fully saturated rings. The van der Waals surface area contributed by atoms with Gasteiger partial charge in [-0.25, -0.2) is 0 Å². The van der Waals surface area contributed by atoms with E-state index in [2.05, 4.69) is 0 Å². The fourth-order valence-corrected chi connectivity index (χ4v) is 2.82. The Hall–Kier alpha value is -0.440. The summed E-state index contributed by atoms with van der Waals surface area (Å²) in [5.41, 5.74) is 0. The van der Waals surface area contributed by atoms with Gasteiger partial charge in [-0.1, -0.05) is 0 Å². The van der Waals surface area contributed by atoms with Gasteiger partial charge in [0.25, 0.3) is 0 Å². The van der Waals surface area contributed by atoms with Gasteiger partial charge in [0.2, 0.25) is 0 Å². The molecule has 0 saturated carbocycles. The standard InChI is InChI=1S/C12H22O12.C6H12O7.Ca.H2O/c13-1-3(15)10(7(18)8(19)11(21)22)24-12-9(20)6(17)5(16)4(2-14)23-12;7-1-2(8)3(9)4(10)5(11)6(12)13;;/h3-10,12-20H,1-2H2,(H,21,22);2-5,7-11H,1H2,(H,12,13);;1H2/q;;+2;/p-2/t3-,4-,5+,6+,7-,8-,9-,10-,12+;2-,3-,4+,5-;;/m11../s1. The fourth-order valence-electron chi connectivity index (χ4n) is 2.82. The molecule has 0 amide bonds. The monoisotopic (exact) mass is 610 g/mol. The summed E-state index contributed by atoms with van der Waals surface area (Å²) in [6.07, 6.45) is -25.3. The van der Waals surface area contributed by atoms with E-state index in [4.69, 9.17) is 45.2 Å². The largest absolute Gasteiger partial charge is 2.00 e. The summed E-state index contributed by atoms with van der Waals surface area (Å²) < 4.78 is 9.94. The van der Waals surface area contributed by atoms with Crippen molar-refractivity contribution in [2.75, 3.05) is 19.8 Å². The van der Waals surface area contributed by atoms with Gasteiger partial charge in [0.1, 0.15) is 73.2 Å². The maximum Gasteiger partial charge on any atom is 2.00 e. The molecule has 1 heterocycles. The van der Waals surface area contributed by atoms with Gasteiger partial charge >= 0.3 is 37.7 Å². The molecule has 0 unspecified atom stereocenters. The van der Waals surface area contributed by atoms with Crippen LogP contribution in [0.4, 0.5) is 0 Å². The number of aliphatic carboxylic acids is 2. The zero-order valence-corrected chi connectivity index (χ0v) is 22.3. The fraction of sp³-hybridized carbons (Fsp3) is 0.889. The van der Waals surface area contributed by atoms with Crippen LogP contribution in [-0.2, 0) is 19.1 Å². The second-order valence-electron chi connectivity index (χ2n) is 7.80. The van der Waals surface area contributed by atoms with Gasteiger partial charge in [-0.3, -0.25) is 0 Å². The van der Waals surface area contributed by atoms with Crippen molar-refractivity contribution < 1.29 is 101 Å². The summed E-state index contributed by atoms with van der Waals surface area (Å²) in [4.78, 5) is 20.6. The number of carboxylic acids is 2. The number of aliphatic hydroxyl groups is 13. The summed E-state index contributed by atoms with van der Waals surface area (Å²) in [5, 5.41) is 140. The summed E-state index contributed by atoms with van der Waals surface area (Å²) >= 11 is 0. The molecule has 15 N–H and O–H groups in total. The van der Waals surface area contributed by atoms with Crippen LogP contribution < -0.4 is 10.2 Å². The minimum Gasteiger partial charge on any atom is -0.547 e. The van der Waals surface area contributed by atoms with Crippen LogP contribution in [0.2, 0.25) is 0 Å². The Bertz CT molecular complexity index is 685. The molecule has 39 heavy (non-hydrogen) atoms. The van der Waals surface area contributed by atoms with E-state index in [1.165, 1.54) is 0 Å². The van der Waals surface area contributed by atoms with Gasteiger partial charge in [0, 0.05) is 0 Å². The Kier molecular flexibility index (Phi) is 22.5. The van der Waals surface area contributed by atoms with Crippen LogP contribution in [0.1, 0.15) is 0 Å². The molecule has 1 aliphatic rings. The topological polar surface area (TPSA) is 393 Å². The van der Waals surface area contributed by atoms with E-state index in [9.17, 15) is 50.4 Å². The average molecular weight is 611 g/mol. The van der Waals surface area contributed by atoms with Crippen LogP contribution in [0, 0.1) is 0 Å². The number of aliphatic hydroxyl groups excluding tert-OH is 13. The van der Waals surface area contributed by atoms with Crippen molar-refractivity contribution in [3.05, 3.63) is 0 Å². The van der Waals surface area contributed by atoms with E-state index in [-0.39, 0.29) is 43.2 Å². The molecule has 0 aromatic rings. The van der Waals surface area contributed by atoms with Crippen molar-refractivity contribution >= 4 is 49.7 Å². The Labute approximate surface area is 249 Å². The number of carbonyl (C=O) groups excluding carboxylic acids is 2. The number of rotatable bonds is 13. The number of hydrogen-bond donors (Lipinski definition) is 13. The predicted molar refractivity (Wildman–Crippen MR) is 114 cm³/mol. The molecular weight excluding hydrogens is 576 g/mol. The van der Waals surface area contributed by atoms with Gasteiger partial charge in [0.05, 0.1) is 31.8 Å². The molecule has 0 radical (unpaired) electrons. The maximum absolute atomic E-state index is 10.6. The van der Waals surface area contributed by atoms with Gasteiger partial charge < -0.3 is 101 Å². The first-order valence-electron chi connectivity index (χ1n) is 10.4. The molecule has 0 aromatic heterocycles. The molecule has 1 aliphatic heterocycles. The smallest absolute Gasteiger partial charge is 0.547 e. The average Bonchev–Trinajstić information content (AvgIpc) is 2.88. The zero-order valence-electron chi connectivity index (χ0n) is 20.1.